The highest BCUT2D eigenvalue weighted by atomic mass is 19.2. The van der Waals surface area contributed by atoms with E-state index in [9.17, 15) is 18.0 Å². The Morgan fingerprint density at radius 3 is 2.35 bits per heavy atom. The molecule has 0 fully saturated rings. The molecule has 20 heavy (non-hydrogen) atoms. The molecule has 0 saturated carbocycles. The lowest BCUT2D eigenvalue weighted by Crippen LogP contribution is -1.99. The highest BCUT2D eigenvalue weighted by Crippen LogP contribution is 2.31. The fraction of sp³-hybridized carbons (Fsp3) is 0.133. The normalized spacial score (nSPS) is 10.4. The summed E-state index contributed by atoms with van der Waals surface area (Å²) in [7, 11) is 0. The van der Waals surface area contributed by atoms with Crippen molar-refractivity contribution in [1.29, 1.82) is 0 Å². The number of carbonyl (C=O) groups excluding carboxylic acids is 1. The lowest BCUT2D eigenvalue weighted by molar-refractivity contribution is 0.112. The van der Waals surface area contributed by atoms with Gasteiger partial charge in [-0.1, -0.05) is 12.1 Å². The van der Waals surface area contributed by atoms with Crippen LogP contribution in [0.1, 0.15) is 17.3 Å². The average molecular weight is 280 g/mol. The van der Waals surface area contributed by atoms with Crippen LogP contribution in [0.2, 0.25) is 0 Å². The number of carbonyl (C=O) groups is 1. The number of hydrogen-bond acceptors (Lipinski definition) is 2. The van der Waals surface area contributed by atoms with Gasteiger partial charge in [0.1, 0.15) is 12.1 Å². The van der Waals surface area contributed by atoms with Gasteiger partial charge in [-0.05, 0) is 25.1 Å². The Balaban J connectivity index is 2.53. The first-order valence-corrected chi connectivity index (χ1v) is 5.94. The molecule has 0 amide bonds. The minimum atomic E-state index is -1.19. The molecular weight excluding hydrogens is 269 g/mol. The van der Waals surface area contributed by atoms with Gasteiger partial charge in [0.05, 0.1) is 6.61 Å². The molecule has 0 saturated heterocycles. The van der Waals surface area contributed by atoms with Gasteiger partial charge in [-0.25, -0.2) is 8.78 Å². The van der Waals surface area contributed by atoms with Gasteiger partial charge in [-0.15, -0.1) is 0 Å². The molecule has 0 aliphatic carbocycles. The summed E-state index contributed by atoms with van der Waals surface area (Å²) < 4.78 is 46.4. The first kappa shape index (κ1) is 14.1. The first-order chi connectivity index (χ1) is 9.58. The highest BCUT2D eigenvalue weighted by Gasteiger charge is 2.18. The van der Waals surface area contributed by atoms with E-state index in [1.54, 1.807) is 6.92 Å². The van der Waals surface area contributed by atoms with Crippen molar-refractivity contribution in [2.45, 2.75) is 6.92 Å². The summed E-state index contributed by atoms with van der Waals surface area (Å²) in [5, 5.41) is 0. The number of hydrogen-bond donors (Lipinski definition) is 0. The van der Waals surface area contributed by atoms with E-state index in [-0.39, 0.29) is 29.0 Å². The van der Waals surface area contributed by atoms with Crippen LogP contribution < -0.4 is 4.74 Å². The second-order valence-corrected chi connectivity index (χ2v) is 4.03. The largest absolute Gasteiger partial charge is 0.491 e. The van der Waals surface area contributed by atoms with Crippen LogP contribution >= 0.6 is 0 Å². The van der Waals surface area contributed by atoms with Crippen LogP contribution in [0.4, 0.5) is 13.2 Å². The predicted octanol–water partition coefficient (Wildman–Crippen LogP) is 3.98. The Hall–Kier alpha value is -2.30. The van der Waals surface area contributed by atoms with Crippen LogP contribution in [-0.4, -0.2) is 12.9 Å². The monoisotopic (exact) mass is 280 g/mol. The summed E-state index contributed by atoms with van der Waals surface area (Å²) >= 11 is 0. The molecule has 2 rings (SSSR count). The molecular formula is C15H11F3O2. The molecule has 104 valence electrons. The number of rotatable bonds is 4. The Morgan fingerprint density at radius 1 is 1.05 bits per heavy atom. The van der Waals surface area contributed by atoms with Gasteiger partial charge in [-0.2, -0.15) is 4.39 Å². The molecule has 2 nitrogen and oxygen atoms in total. The van der Waals surface area contributed by atoms with Crippen molar-refractivity contribution in [1.82, 2.24) is 0 Å². The molecule has 0 bridgehead atoms. The third-order valence-corrected chi connectivity index (χ3v) is 2.77. The molecule has 0 heterocycles. The fourth-order valence-electron chi connectivity index (χ4n) is 1.83. The molecule has 0 unspecified atom stereocenters. The SMILES string of the molecule is CCOc1ccc(-c2ccc(C=O)cc2F)c(F)c1F. The smallest absolute Gasteiger partial charge is 0.201 e. The van der Waals surface area contributed by atoms with Gasteiger partial charge in [0.15, 0.2) is 11.6 Å². The molecule has 0 aromatic heterocycles. The maximum absolute atomic E-state index is 13.9. The van der Waals surface area contributed by atoms with E-state index in [0.717, 1.165) is 6.07 Å². The molecule has 0 atom stereocenters. The lowest BCUT2D eigenvalue weighted by Gasteiger charge is -2.10. The van der Waals surface area contributed by atoms with E-state index in [2.05, 4.69) is 0 Å². The quantitative estimate of drug-likeness (QED) is 0.792. The maximum Gasteiger partial charge on any atom is 0.201 e. The van der Waals surface area contributed by atoms with E-state index < -0.39 is 17.5 Å². The Bertz CT molecular complexity index is 654. The van der Waals surface area contributed by atoms with Crippen molar-refractivity contribution < 1.29 is 22.7 Å². The average Bonchev–Trinajstić information content (AvgIpc) is 2.45. The van der Waals surface area contributed by atoms with Crippen LogP contribution in [-0.2, 0) is 0 Å². The van der Waals surface area contributed by atoms with E-state index >= 15 is 0 Å². The van der Waals surface area contributed by atoms with Crippen molar-refractivity contribution in [2.75, 3.05) is 6.61 Å². The van der Waals surface area contributed by atoms with Crippen molar-refractivity contribution in [2.24, 2.45) is 0 Å². The zero-order chi connectivity index (χ0) is 14.7. The summed E-state index contributed by atoms with van der Waals surface area (Å²) in [4.78, 5) is 10.5. The number of benzene rings is 2. The minimum absolute atomic E-state index is 0.116. The van der Waals surface area contributed by atoms with Crippen molar-refractivity contribution in [3.05, 3.63) is 53.3 Å². The van der Waals surface area contributed by atoms with Gasteiger partial charge < -0.3 is 4.74 Å². The van der Waals surface area contributed by atoms with Crippen LogP contribution in [0, 0.1) is 17.5 Å². The molecule has 0 radical (unpaired) electrons. The topological polar surface area (TPSA) is 26.3 Å². The van der Waals surface area contributed by atoms with Crippen molar-refractivity contribution in [3.63, 3.8) is 0 Å². The second kappa shape index (κ2) is 5.77. The summed E-state index contributed by atoms with van der Waals surface area (Å²) in [6.45, 7) is 1.83. The van der Waals surface area contributed by atoms with E-state index in [1.807, 2.05) is 0 Å². The summed E-state index contributed by atoms with van der Waals surface area (Å²) in [5.41, 5.74) is -0.214. The van der Waals surface area contributed by atoms with E-state index in [4.69, 9.17) is 4.74 Å². The molecule has 0 aliphatic rings. The Kier molecular flexibility index (Phi) is 4.08. The molecule has 0 spiro atoms. The number of ether oxygens (including phenoxy) is 1. The van der Waals surface area contributed by atoms with Gasteiger partial charge in [0.2, 0.25) is 5.82 Å². The lowest BCUT2D eigenvalue weighted by atomic mass is 10.0. The zero-order valence-electron chi connectivity index (χ0n) is 10.6. The molecule has 0 aliphatic heterocycles. The Labute approximate surface area is 113 Å². The van der Waals surface area contributed by atoms with Crippen LogP contribution in [0.3, 0.4) is 0 Å². The fourth-order valence-corrected chi connectivity index (χ4v) is 1.83. The molecule has 5 heteroatoms. The van der Waals surface area contributed by atoms with E-state index in [1.165, 1.54) is 24.3 Å². The summed E-state index contributed by atoms with van der Waals surface area (Å²) in [6, 6.07) is 6.01. The van der Waals surface area contributed by atoms with Crippen molar-refractivity contribution >= 4 is 6.29 Å². The van der Waals surface area contributed by atoms with Crippen LogP contribution in [0.25, 0.3) is 11.1 Å². The van der Waals surface area contributed by atoms with E-state index in [0.29, 0.717) is 6.29 Å². The van der Waals surface area contributed by atoms with Gasteiger partial charge in [0, 0.05) is 16.7 Å². The van der Waals surface area contributed by atoms with Gasteiger partial charge in [0.25, 0.3) is 0 Å². The third kappa shape index (κ3) is 2.52. The van der Waals surface area contributed by atoms with Crippen molar-refractivity contribution in [3.8, 4) is 16.9 Å². The minimum Gasteiger partial charge on any atom is -0.491 e. The second-order valence-electron chi connectivity index (χ2n) is 4.03. The highest BCUT2D eigenvalue weighted by molar-refractivity contribution is 5.77. The van der Waals surface area contributed by atoms with Crippen LogP contribution in [0.5, 0.6) is 5.75 Å². The summed E-state index contributed by atoms with van der Waals surface area (Å²) in [6.07, 6.45) is 0.474. The predicted molar refractivity (Wildman–Crippen MR) is 68.3 cm³/mol. The first-order valence-electron chi connectivity index (χ1n) is 5.94. The zero-order valence-corrected chi connectivity index (χ0v) is 10.6. The maximum atomic E-state index is 13.9. The van der Waals surface area contributed by atoms with Gasteiger partial charge >= 0.3 is 0 Å². The Morgan fingerprint density at radius 2 is 1.75 bits per heavy atom. The number of aldehydes is 1. The molecule has 2 aromatic rings. The molecule has 2 aromatic carbocycles. The molecule has 0 N–H and O–H groups in total. The standard InChI is InChI=1S/C15H11F3O2/c1-2-20-13-6-5-11(14(17)15(13)18)10-4-3-9(8-19)7-12(10)16/h3-8H,2H2,1H3. The van der Waals surface area contributed by atoms with Crippen LogP contribution in [0.15, 0.2) is 30.3 Å². The third-order valence-electron chi connectivity index (χ3n) is 2.77. The summed E-state index contributed by atoms with van der Waals surface area (Å²) in [5.74, 6) is -3.37. The van der Waals surface area contributed by atoms with Gasteiger partial charge in [-0.3, -0.25) is 4.79 Å². The number of halogens is 3.